The average molecular weight is 374 g/mol. The summed E-state index contributed by atoms with van der Waals surface area (Å²) in [7, 11) is 0. The van der Waals surface area contributed by atoms with Crippen LogP contribution in [0.25, 0.3) is 11.5 Å². The van der Waals surface area contributed by atoms with Crippen molar-refractivity contribution in [2.24, 2.45) is 0 Å². The highest BCUT2D eigenvalue weighted by Crippen LogP contribution is 2.20. The predicted octanol–water partition coefficient (Wildman–Crippen LogP) is 1.61. The van der Waals surface area contributed by atoms with Crippen LogP contribution in [0.4, 0.5) is 0 Å². The molecule has 9 nitrogen and oxygen atoms in total. The van der Waals surface area contributed by atoms with Crippen LogP contribution in [-0.4, -0.2) is 39.5 Å². The summed E-state index contributed by atoms with van der Waals surface area (Å²) in [6.07, 6.45) is 7.16. The molecule has 0 spiro atoms. The van der Waals surface area contributed by atoms with Crippen LogP contribution >= 0.6 is 0 Å². The molecular formula is C19H18N8O. The minimum absolute atomic E-state index is 0.216. The van der Waals surface area contributed by atoms with Crippen LogP contribution in [0.5, 0.6) is 0 Å². The summed E-state index contributed by atoms with van der Waals surface area (Å²) in [5, 5.41) is 27.3. The second-order valence-electron chi connectivity index (χ2n) is 6.27. The Morgan fingerprint density at radius 1 is 1.21 bits per heavy atom. The molecule has 4 aromatic rings. The second-order valence-corrected chi connectivity index (χ2v) is 6.27. The minimum Gasteiger partial charge on any atom is -0.388 e. The quantitative estimate of drug-likeness (QED) is 0.545. The van der Waals surface area contributed by atoms with Crippen LogP contribution in [0.1, 0.15) is 41.7 Å². The number of aromatic nitrogens is 7. The van der Waals surface area contributed by atoms with Gasteiger partial charge in [0.05, 0.1) is 17.0 Å². The van der Waals surface area contributed by atoms with E-state index in [1.165, 1.54) is 0 Å². The van der Waals surface area contributed by atoms with Gasteiger partial charge in [-0.25, -0.2) is 24.1 Å². The lowest BCUT2D eigenvalue weighted by molar-refractivity contribution is 0.271. The van der Waals surface area contributed by atoms with Crippen molar-refractivity contribution in [3.63, 3.8) is 0 Å². The summed E-state index contributed by atoms with van der Waals surface area (Å²) < 4.78 is 3.27. The van der Waals surface area contributed by atoms with Crippen molar-refractivity contribution >= 4 is 5.65 Å². The number of aliphatic hydroxyl groups excluding tert-OH is 1. The van der Waals surface area contributed by atoms with Crippen molar-refractivity contribution < 1.29 is 5.11 Å². The Kier molecular flexibility index (Phi) is 4.78. The minimum atomic E-state index is -0.216. The molecule has 0 radical (unpaired) electrons. The first-order valence-corrected chi connectivity index (χ1v) is 8.96. The monoisotopic (exact) mass is 374 g/mol. The normalized spacial score (nSPS) is 11.0. The zero-order valence-corrected chi connectivity index (χ0v) is 15.3. The highest BCUT2D eigenvalue weighted by molar-refractivity contribution is 5.50. The summed E-state index contributed by atoms with van der Waals surface area (Å²) in [6.45, 7) is 1.87. The molecule has 140 valence electrons. The van der Waals surface area contributed by atoms with Gasteiger partial charge >= 0.3 is 0 Å². The smallest absolute Gasteiger partial charge is 0.177 e. The van der Waals surface area contributed by atoms with E-state index in [-0.39, 0.29) is 6.61 Å². The third kappa shape index (κ3) is 3.10. The third-order valence-electron chi connectivity index (χ3n) is 4.44. The van der Waals surface area contributed by atoms with E-state index in [1.54, 1.807) is 40.1 Å². The van der Waals surface area contributed by atoms with Gasteiger partial charge in [-0.05, 0) is 24.6 Å². The molecule has 0 aromatic carbocycles. The van der Waals surface area contributed by atoms with Gasteiger partial charge in [0, 0.05) is 24.4 Å². The summed E-state index contributed by atoms with van der Waals surface area (Å²) in [5.74, 6) is 0.863. The summed E-state index contributed by atoms with van der Waals surface area (Å²) >= 11 is 0. The molecule has 0 aliphatic heterocycles. The van der Waals surface area contributed by atoms with Gasteiger partial charge in [0.25, 0.3) is 0 Å². The maximum absolute atomic E-state index is 9.37. The van der Waals surface area contributed by atoms with E-state index in [9.17, 15) is 10.4 Å². The van der Waals surface area contributed by atoms with E-state index in [4.69, 9.17) is 0 Å². The van der Waals surface area contributed by atoms with Crippen LogP contribution in [0.15, 0.2) is 36.9 Å². The van der Waals surface area contributed by atoms with E-state index in [0.29, 0.717) is 29.3 Å². The van der Waals surface area contributed by atoms with Crippen molar-refractivity contribution in [3.8, 4) is 11.9 Å². The lowest BCUT2D eigenvalue weighted by atomic mass is 10.1. The molecule has 0 bridgehead atoms. The SMILES string of the molecule is CCCc1c(Cc2ccnn2-c2ncccc2C#N)ncn2nc(CO)nc12. The molecule has 0 aliphatic rings. The van der Waals surface area contributed by atoms with Crippen molar-refractivity contribution in [2.45, 2.75) is 32.8 Å². The van der Waals surface area contributed by atoms with Gasteiger partial charge in [-0.2, -0.15) is 10.4 Å². The number of rotatable bonds is 6. The fourth-order valence-electron chi connectivity index (χ4n) is 3.19. The van der Waals surface area contributed by atoms with Gasteiger partial charge in [-0.1, -0.05) is 13.3 Å². The molecule has 0 atom stereocenters. The van der Waals surface area contributed by atoms with Crippen molar-refractivity contribution in [2.75, 3.05) is 0 Å². The van der Waals surface area contributed by atoms with Gasteiger partial charge in [0.2, 0.25) is 0 Å². The lowest BCUT2D eigenvalue weighted by Crippen LogP contribution is -2.10. The molecule has 4 aromatic heterocycles. The molecule has 0 amide bonds. The highest BCUT2D eigenvalue weighted by Gasteiger charge is 2.17. The molecular weight excluding hydrogens is 356 g/mol. The molecule has 0 saturated carbocycles. The van der Waals surface area contributed by atoms with E-state index in [1.807, 2.05) is 6.07 Å². The number of pyridine rings is 1. The number of hydrogen-bond donors (Lipinski definition) is 1. The molecule has 4 heterocycles. The molecule has 1 N–H and O–H groups in total. The summed E-state index contributed by atoms with van der Waals surface area (Å²) in [4.78, 5) is 13.3. The molecule has 0 aliphatic carbocycles. The maximum atomic E-state index is 9.37. The fraction of sp³-hybridized carbons (Fsp3) is 0.263. The second kappa shape index (κ2) is 7.54. The Labute approximate surface area is 160 Å². The first-order chi connectivity index (χ1) is 13.7. The standard InChI is InChI=1S/C19H18N8O/c1-2-4-15-16(22-12-26-19(15)24-17(11-28)25-26)9-14-6-8-23-27(14)18-13(10-20)5-3-7-21-18/h3,5-8,12,28H,2,4,9,11H2,1H3. The number of nitriles is 1. The van der Waals surface area contributed by atoms with Crippen molar-refractivity contribution in [1.82, 2.24) is 34.3 Å². The van der Waals surface area contributed by atoms with Crippen LogP contribution < -0.4 is 0 Å². The average Bonchev–Trinajstić information content (AvgIpc) is 3.36. The first kappa shape index (κ1) is 17.8. The van der Waals surface area contributed by atoms with Gasteiger partial charge in [0.1, 0.15) is 19.0 Å². The fourth-order valence-corrected chi connectivity index (χ4v) is 3.19. The van der Waals surface area contributed by atoms with Crippen molar-refractivity contribution in [1.29, 1.82) is 5.26 Å². The Morgan fingerprint density at radius 3 is 2.89 bits per heavy atom. The van der Waals surface area contributed by atoms with Crippen LogP contribution in [-0.2, 0) is 19.4 Å². The first-order valence-electron chi connectivity index (χ1n) is 8.96. The van der Waals surface area contributed by atoms with E-state index < -0.39 is 0 Å². The predicted molar refractivity (Wildman–Crippen MR) is 99.6 cm³/mol. The molecule has 9 heteroatoms. The summed E-state index contributed by atoms with van der Waals surface area (Å²) in [6, 6.07) is 7.49. The Morgan fingerprint density at radius 2 is 2.11 bits per heavy atom. The maximum Gasteiger partial charge on any atom is 0.177 e. The number of aliphatic hydroxyl groups is 1. The number of fused-ring (bicyclic) bond motifs is 1. The molecule has 0 fully saturated rings. The van der Waals surface area contributed by atoms with Gasteiger partial charge < -0.3 is 5.11 Å². The number of aryl methyl sites for hydroxylation is 1. The molecule has 0 unspecified atom stereocenters. The van der Waals surface area contributed by atoms with Gasteiger partial charge in [-0.15, -0.1) is 5.10 Å². The van der Waals surface area contributed by atoms with E-state index in [2.05, 4.69) is 38.1 Å². The highest BCUT2D eigenvalue weighted by atomic mass is 16.3. The number of nitrogens with zero attached hydrogens (tertiary/aromatic N) is 8. The zero-order chi connectivity index (χ0) is 19.5. The van der Waals surface area contributed by atoms with Crippen LogP contribution in [0, 0.1) is 11.3 Å². The van der Waals surface area contributed by atoms with Crippen LogP contribution in [0.3, 0.4) is 0 Å². The van der Waals surface area contributed by atoms with Gasteiger partial charge in [-0.3, -0.25) is 0 Å². The van der Waals surface area contributed by atoms with Gasteiger partial charge in [0.15, 0.2) is 17.3 Å². The Bertz CT molecular complexity index is 1170. The zero-order valence-electron chi connectivity index (χ0n) is 15.3. The van der Waals surface area contributed by atoms with Crippen LogP contribution in [0.2, 0.25) is 0 Å². The lowest BCUT2D eigenvalue weighted by Gasteiger charge is -2.11. The number of hydrogen-bond acceptors (Lipinski definition) is 7. The third-order valence-corrected chi connectivity index (χ3v) is 4.44. The van der Waals surface area contributed by atoms with E-state index in [0.717, 1.165) is 29.8 Å². The summed E-state index contributed by atoms with van der Waals surface area (Å²) in [5.41, 5.74) is 3.88. The molecule has 28 heavy (non-hydrogen) atoms. The molecule has 0 saturated heterocycles. The Hall–Kier alpha value is -3.64. The van der Waals surface area contributed by atoms with E-state index >= 15 is 0 Å². The molecule has 4 rings (SSSR count). The topological polar surface area (TPSA) is 118 Å². The largest absolute Gasteiger partial charge is 0.388 e. The Balaban J connectivity index is 1.79. The van der Waals surface area contributed by atoms with Crippen molar-refractivity contribution in [3.05, 3.63) is 65.3 Å².